The lowest BCUT2D eigenvalue weighted by Gasteiger charge is -2.24. The third kappa shape index (κ3) is 4.40. The summed E-state index contributed by atoms with van der Waals surface area (Å²) in [7, 11) is 1.86. The van der Waals surface area contributed by atoms with Gasteiger partial charge in [-0.3, -0.25) is 4.68 Å². The Kier molecular flexibility index (Phi) is 4.23. The van der Waals surface area contributed by atoms with Crippen LogP contribution < -0.4 is 5.32 Å². The van der Waals surface area contributed by atoms with E-state index in [9.17, 15) is 0 Å². The van der Waals surface area contributed by atoms with Crippen molar-refractivity contribution in [1.82, 2.24) is 20.3 Å². The van der Waals surface area contributed by atoms with E-state index in [0.29, 0.717) is 0 Å². The Morgan fingerprint density at radius 1 is 1.53 bits per heavy atom. The predicted molar refractivity (Wildman–Crippen MR) is 58.4 cm³/mol. The molecule has 1 heterocycles. The summed E-state index contributed by atoms with van der Waals surface area (Å²) < 4.78 is 7.27. The van der Waals surface area contributed by atoms with E-state index in [1.807, 2.05) is 20.2 Å². The zero-order valence-corrected chi connectivity index (χ0v) is 9.95. The zero-order valence-electron chi connectivity index (χ0n) is 9.95. The fourth-order valence-electron chi connectivity index (χ4n) is 1.41. The molecule has 15 heavy (non-hydrogen) atoms. The quantitative estimate of drug-likeness (QED) is 0.755. The van der Waals surface area contributed by atoms with E-state index in [1.54, 1.807) is 4.68 Å². The van der Waals surface area contributed by atoms with Crippen molar-refractivity contribution < 1.29 is 4.74 Å². The summed E-state index contributed by atoms with van der Waals surface area (Å²) in [5.74, 6) is 0. The molecular formula is C10H20N4O. The highest BCUT2D eigenvalue weighted by molar-refractivity contribution is 4.91. The first-order valence-electron chi connectivity index (χ1n) is 5.23. The Morgan fingerprint density at radius 2 is 2.27 bits per heavy atom. The van der Waals surface area contributed by atoms with Crippen LogP contribution in [0, 0.1) is 0 Å². The van der Waals surface area contributed by atoms with E-state index in [1.165, 1.54) is 0 Å². The van der Waals surface area contributed by atoms with Gasteiger partial charge in [0.05, 0.1) is 11.3 Å². The number of ether oxygens (including phenoxy) is 1. The van der Waals surface area contributed by atoms with Gasteiger partial charge >= 0.3 is 0 Å². The maximum atomic E-state index is 5.57. The zero-order chi connectivity index (χ0) is 11.3. The molecule has 0 saturated heterocycles. The smallest absolute Gasteiger partial charge is 0.0964 e. The largest absolute Gasteiger partial charge is 0.375 e. The summed E-state index contributed by atoms with van der Waals surface area (Å²) >= 11 is 0. The number of aromatic nitrogens is 3. The van der Waals surface area contributed by atoms with Gasteiger partial charge in [0.25, 0.3) is 0 Å². The molecule has 5 nitrogen and oxygen atoms in total. The molecule has 1 N–H and O–H groups in total. The van der Waals surface area contributed by atoms with Crippen molar-refractivity contribution in [3.63, 3.8) is 0 Å². The highest BCUT2D eigenvalue weighted by atomic mass is 16.5. The summed E-state index contributed by atoms with van der Waals surface area (Å²) in [6.07, 6.45) is 1.90. The molecule has 0 fully saturated rings. The summed E-state index contributed by atoms with van der Waals surface area (Å²) in [6, 6.07) is 0. The molecule has 0 amide bonds. The number of hydrogen-bond donors (Lipinski definition) is 1. The monoisotopic (exact) mass is 212 g/mol. The Bertz CT molecular complexity index is 295. The number of hydrogen-bond acceptors (Lipinski definition) is 4. The molecule has 0 saturated carbocycles. The fraction of sp³-hybridized carbons (Fsp3) is 0.800. The van der Waals surface area contributed by atoms with Crippen molar-refractivity contribution in [1.29, 1.82) is 0 Å². The van der Waals surface area contributed by atoms with Crippen LogP contribution >= 0.6 is 0 Å². The van der Waals surface area contributed by atoms with Gasteiger partial charge in [-0.2, -0.15) is 0 Å². The second-order valence-electron chi connectivity index (χ2n) is 4.18. The summed E-state index contributed by atoms with van der Waals surface area (Å²) in [5, 5.41) is 11.2. The molecule has 0 unspecified atom stereocenters. The summed E-state index contributed by atoms with van der Waals surface area (Å²) in [5.41, 5.74) is 0.821. The van der Waals surface area contributed by atoms with Crippen LogP contribution in [0.3, 0.4) is 0 Å². The van der Waals surface area contributed by atoms with Gasteiger partial charge in [-0.05, 0) is 20.8 Å². The third-order valence-electron chi connectivity index (χ3n) is 2.04. The summed E-state index contributed by atoms with van der Waals surface area (Å²) in [6.45, 7) is 8.41. The summed E-state index contributed by atoms with van der Waals surface area (Å²) in [4.78, 5) is 0. The molecule has 5 heteroatoms. The van der Waals surface area contributed by atoms with Crippen LogP contribution in [0.1, 0.15) is 26.5 Å². The van der Waals surface area contributed by atoms with Gasteiger partial charge in [0.2, 0.25) is 0 Å². The van der Waals surface area contributed by atoms with Crippen molar-refractivity contribution in [3.8, 4) is 0 Å². The molecule has 0 atom stereocenters. The lowest BCUT2D eigenvalue weighted by atomic mass is 10.1. The van der Waals surface area contributed by atoms with E-state index >= 15 is 0 Å². The number of nitrogens with one attached hydrogen (secondary N) is 1. The van der Waals surface area contributed by atoms with Crippen molar-refractivity contribution in [2.75, 3.05) is 13.2 Å². The highest BCUT2D eigenvalue weighted by Gasteiger charge is 2.16. The van der Waals surface area contributed by atoms with Crippen LogP contribution in [0.2, 0.25) is 0 Å². The van der Waals surface area contributed by atoms with E-state index in [0.717, 1.165) is 25.4 Å². The molecule has 0 aliphatic carbocycles. The normalized spacial score (nSPS) is 12.0. The van der Waals surface area contributed by atoms with Gasteiger partial charge in [-0.1, -0.05) is 5.21 Å². The van der Waals surface area contributed by atoms with Crippen LogP contribution in [-0.4, -0.2) is 33.7 Å². The topological polar surface area (TPSA) is 52.0 Å². The van der Waals surface area contributed by atoms with E-state index in [-0.39, 0.29) is 5.60 Å². The van der Waals surface area contributed by atoms with Gasteiger partial charge in [-0.15, -0.1) is 5.10 Å². The maximum Gasteiger partial charge on any atom is 0.0964 e. The highest BCUT2D eigenvalue weighted by Crippen LogP contribution is 2.06. The first-order chi connectivity index (χ1) is 7.03. The molecule has 0 aliphatic rings. The van der Waals surface area contributed by atoms with Gasteiger partial charge in [0.1, 0.15) is 0 Å². The van der Waals surface area contributed by atoms with Crippen molar-refractivity contribution in [2.45, 2.75) is 32.9 Å². The minimum Gasteiger partial charge on any atom is -0.375 e. The predicted octanol–water partition coefficient (Wildman–Crippen LogP) is 0.720. The first-order valence-corrected chi connectivity index (χ1v) is 5.23. The first kappa shape index (κ1) is 12.1. The molecule has 0 aromatic carbocycles. The lowest BCUT2D eigenvalue weighted by molar-refractivity contribution is -0.00902. The molecule has 0 radical (unpaired) electrons. The standard InChI is InChI=1S/C10H20N4O/c1-5-15-10(2,3)8-11-6-9-7-14(4)13-12-9/h7,11H,5-6,8H2,1-4H3. The van der Waals surface area contributed by atoms with Crippen LogP contribution in [0.25, 0.3) is 0 Å². The SMILES string of the molecule is CCOC(C)(C)CNCc1cn(C)nn1. The van der Waals surface area contributed by atoms with Crippen LogP contribution in [-0.2, 0) is 18.3 Å². The fourth-order valence-corrected chi connectivity index (χ4v) is 1.41. The minimum atomic E-state index is -0.128. The molecule has 1 aromatic heterocycles. The van der Waals surface area contributed by atoms with E-state index in [2.05, 4.69) is 29.5 Å². The number of aryl methyl sites for hydroxylation is 1. The number of rotatable bonds is 6. The van der Waals surface area contributed by atoms with Crippen LogP contribution in [0.4, 0.5) is 0 Å². The molecule has 86 valence electrons. The average molecular weight is 212 g/mol. The second kappa shape index (κ2) is 5.23. The average Bonchev–Trinajstić information content (AvgIpc) is 2.51. The van der Waals surface area contributed by atoms with Crippen LogP contribution in [0.15, 0.2) is 6.20 Å². The van der Waals surface area contributed by atoms with Gasteiger partial charge in [-0.25, -0.2) is 0 Å². The Hall–Kier alpha value is -0.940. The second-order valence-corrected chi connectivity index (χ2v) is 4.18. The molecule has 0 bridgehead atoms. The van der Waals surface area contributed by atoms with Gasteiger partial charge in [0.15, 0.2) is 0 Å². The Balaban J connectivity index is 2.27. The third-order valence-corrected chi connectivity index (χ3v) is 2.04. The molecule has 1 aromatic rings. The molecule has 0 spiro atoms. The Labute approximate surface area is 90.8 Å². The molecular weight excluding hydrogens is 192 g/mol. The maximum absolute atomic E-state index is 5.57. The van der Waals surface area contributed by atoms with Crippen molar-refractivity contribution in [3.05, 3.63) is 11.9 Å². The molecule has 0 aliphatic heterocycles. The molecule has 1 rings (SSSR count). The Morgan fingerprint density at radius 3 is 2.80 bits per heavy atom. The van der Waals surface area contributed by atoms with Gasteiger partial charge in [0, 0.05) is 32.9 Å². The van der Waals surface area contributed by atoms with E-state index in [4.69, 9.17) is 4.74 Å². The van der Waals surface area contributed by atoms with Crippen LogP contribution in [0.5, 0.6) is 0 Å². The van der Waals surface area contributed by atoms with Gasteiger partial charge < -0.3 is 10.1 Å². The van der Waals surface area contributed by atoms with E-state index < -0.39 is 0 Å². The van der Waals surface area contributed by atoms with Crippen molar-refractivity contribution >= 4 is 0 Å². The number of nitrogens with zero attached hydrogens (tertiary/aromatic N) is 3. The van der Waals surface area contributed by atoms with Crippen molar-refractivity contribution in [2.24, 2.45) is 7.05 Å². The lowest BCUT2D eigenvalue weighted by Crippen LogP contribution is -2.37. The minimum absolute atomic E-state index is 0.128.